The highest BCUT2D eigenvalue weighted by Crippen LogP contribution is 2.18. The molecule has 0 spiro atoms. The highest BCUT2D eigenvalue weighted by Gasteiger charge is 2.06. The fourth-order valence-corrected chi connectivity index (χ4v) is 1.31. The molecule has 1 aromatic rings. The molecule has 0 atom stereocenters. The molecular formula is C12H15ClO2. The molecule has 0 bridgehead atoms. The number of allylic oxidation sites excluding steroid dienone is 1. The van der Waals surface area contributed by atoms with Gasteiger partial charge in [0.05, 0.1) is 11.3 Å². The van der Waals surface area contributed by atoms with Gasteiger partial charge in [-0.2, -0.15) is 0 Å². The summed E-state index contributed by atoms with van der Waals surface area (Å²) in [5, 5.41) is 8.80. The highest BCUT2D eigenvalue weighted by atomic mass is 35.5. The van der Waals surface area contributed by atoms with Crippen molar-refractivity contribution in [1.82, 2.24) is 0 Å². The molecule has 0 aromatic heterocycles. The average Bonchev–Trinajstić information content (AvgIpc) is 2.21. The van der Waals surface area contributed by atoms with E-state index in [9.17, 15) is 4.79 Å². The van der Waals surface area contributed by atoms with Crippen molar-refractivity contribution in [2.45, 2.75) is 20.8 Å². The second-order valence-electron chi connectivity index (χ2n) is 2.66. The summed E-state index contributed by atoms with van der Waals surface area (Å²) in [6.45, 7) is 5.89. The monoisotopic (exact) mass is 226 g/mol. The third-order valence-corrected chi connectivity index (χ3v) is 1.93. The fraction of sp³-hybridized carbons (Fsp3) is 0.250. The van der Waals surface area contributed by atoms with Gasteiger partial charge in [0, 0.05) is 11.6 Å². The molecule has 1 N–H and O–H groups in total. The van der Waals surface area contributed by atoms with Crippen molar-refractivity contribution in [3.63, 3.8) is 0 Å². The Bertz CT molecular complexity index is 357. The second kappa shape index (κ2) is 7.07. The van der Waals surface area contributed by atoms with Gasteiger partial charge in [0.15, 0.2) is 5.78 Å². The van der Waals surface area contributed by atoms with Crippen LogP contribution in [0.5, 0.6) is 0 Å². The minimum Gasteiger partial charge on any atom is -0.515 e. The molecule has 15 heavy (non-hydrogen) atoms. The molecular weight excluding hydrogens is 212 g/mol. The van der Waals surface area contributed by atoms with Crippen LogP contribution in [0.4, 0.5) is 0 Å². The van der Waals surface area contributed by atoms with Crippen molar-refractivity contribution >= 4 is 17.4 Å². The minimum atomic E-state index is -0.299. The SMILES string of the molecule is CC.Cc1ccc(C(=O)/C=C/O)c(Cl)c1. The molecule has 2 nitrogen and oxygen atoms in total. The predicted molar refractivity (Wildman–Crippen MR) is 63.6 cm³/mol. The van der Waals surface area contributed by atoms with Crippen molar-refractivity contribution in [3.8, 4) is 0 Å². The van der Waals surface area contributed by atoms with E-state index < -0.39 is 0 Å². The van der Waals surface area contributed by atoms with E-state index in [1.807, 2.05) is 20.8 Å². The number of benzene rings is 1. The second-order valence-corrected chi connectivity index (χ2v) is 3.07. The predicted octanol–water partition coefficient (Wildman–Crippen LogP) is 3.93. The van der Waals surface area contributed by atoms with Gasteiger partial charge in [-0.3, -0.25) is 4.79 Å². The van der Waals surface area contributed by atoms with Crippen molar-refractivity contribution in [1.29, 1.82) is 0 Å². The molecule has 0 heterocycles. The van der Waals surface area contributed by atoms with Gasteiger partial charge >= 0.3 is 0 Å². The molecule has 82 valence electrons. The first kappa shape index (κ1) is 13.7. The van der Waals surface area contributed by atoms with Gasteiger partial charge in [-0.05, 0) is 24.6 Å². The van der Waals surface area contributed by atoms with E-state index in [0.717, 1.165) is 11.6 Å². The van der Waals surface area contributed by atoms with E-state index in [4.69, 9.17) is 16.7 Å². The number of rotatable bonds is 2. The lowest BCUT2D eigenvalue weighted by Gasteiger charge is -2.00. The van der Waals surface area contributed by atoms with Crippen molar-refractivity contribution in [2.75, 3.05) is 0 Å². The number of hydrogen-bond donors (Lipinski definition) is 1. The van der Waals surface area contributed by atoms with Crippen LogP contribution in [0.15, 0.2) is 30.5 Å². The van der Waals surface area contributed by atoms with Crippen molar-refractivity contribution in [3.05, 3.63) is 46.7 Å². The fourth-order valence-electron chi connectivity index (χ4n) is 0.977. The summed E-state index contributed by atoms with van der Waals surface area (Å²) in [5.74, 6) is -0.299. The maximum absolute atomic E-state index is 11.2. The normalized spacial score (nSPS) is 9.60. The number of carbonyl (C=O) groups is 1. The number of aliphatic hydroxyl groups is 1. The lowest BCUT2D eigenvalue weighted by Crippen LogP contribution is -1.95. The number of carbonyl (C=O) groups excluding carboxylic acids is 1. The zero-order valence-corrected chi connectivity index (χ0v) is 9.88. The number of aryl methyl sites for hydroxylation is 1. The van der Waals surface area contributed by atoms with Crippen LogP contribution in [0.2, 0.25) is 5.02 Å². The molecule has 0 aliphatic carbocycles. The quantitative estimate of drug-likeness (QED) is 0.471. The maximum Gasteiger partial charge on any atom is 0.190 e. The van der Waals surface area contributed by atoms with E-state index in [1.165, 1.54) is 0 Å². The first-order chi connectivity index (χ1) is 7.15. The van der Waals surface area contributed by atoms with Crippen LogP contribution in [0.1, 0.15) is 29.8 Å². The first-order valence-corrected chi connectivity index (χ1v) is 5.14. The molecule has 1 aromatic carbocycles. The summed E-state index contributed by atoms with van der Waals surface area (Å²) in [7, 11) is 0. The van der Waals surface area contributed by atoms with Gasteiger partial charge < -0.3 is 5.11 Å². The molecule has 0 unspecified atom stereocenters. The Morgan fingerprint density at radius 3 is 2.47 bits per heavy atom. The summed E-state index contributed by atoms with van der Waals surface area (Å²) in [6, 6.07) is 5.14. The van der Waals surface area contributed by atoms with E-state index in [2.05, 4.69) is 0 Å². The van der Waals surface area contributed by atoms with Crippen LogP contribution in [-0.4, -0.2) is 10.9 Å². The smallest absolute Gasteiger partial charge is 0.190 e. The highest BCUT2D eigenvalue weighted by molar-refractivity contribution is 6.34. The van der Waals surface area contributed by atoms with E-state index in [0.29, 0.717) is 16.8 Å². The van der Waals surface area contributed by atoms with Gasteiger partial charge in [0.2, 0.25) is 0 Å². The largest absolute Gasteiger partial charge is 0.515 e. The molecule has 0 aliphatic rings. The third kappa shape index (κ3) is 4.17. The van der Waals surface area contributed by atoms with Gasteiger partial charge in [-0.15, -0.1) is 0 Å². The molecule has 1 rings (SSSR count). The molecule has 0 amide bonds. The number of ketones is 1. The Kier molecular flexibility index (Phi) is 6.47. The number of aliphatic hydroxyl groups excluding tert-OH is 1. The lowest BCUT2D eigenvalue weighted by molar-refractivity contribution is 0.104. The Morgan fingerprint density at radius 2 is 2.00 bits per heavy atom. The van der Waals surface area contributed by atoms with Gasteiger partial charge in [0.25, 0.3) is 0 Å². The van der Waals surface area contributed by atoms with Crippen molar-refractivity contribution in [2.24, 2.45) is 0 Å². The first-order valence-electron chi connectivity index (χ1n) is 4.76. The summed E-state index contributed by atoms with van der Waals surface area (Å²) in [5.41, 5.74) is 1.40. The number of halogens is 1. The van der Waals surface area contributed by atoms with Gasteiger partial charge in [0.1, 0.15) is 0 Å². The maximum atomic E-state index is 11.2. The van der Waals surface area contributed by atoms with Crippen LogP contribution in [0.3, 0.4) is 0 Å². The Hall–Kier alpha value is -1.28. The average molecular weight is 227 g/mol. The standard InChI is InChI=1S/C10H9ClO2.C2H6/c1-7-2-3-8(9(11)6-7)10(13)4-5-12;1-2/h2-6,12H,1H3;1-2H3/b5-4+;. The van der Waals surface area contributed by atoms with Crippen LogP contribution in [-0.2, 0) is 0 Å². The molecule has 3 heteroatoms. The van der Waals surface area contributed by atoms with Gasteiger partial charge in [-0.1, -0.05) is 31.5 Å². The summed E-state index contributed by atoms with van der Waals surface area (Å²) in [6.07, 6.45) is 1.77. The Labute approximate surface area is 95.2 Å². The molecule has 0 fully saturated rings. The zero-order valence-electron chi connectivity index (χ0n) is 9.12. The van der Waals surface area contributed by atoms with E-state index in [1.54, 1.807) is 18.2 Å². The molecule has 0 saturated heterocycles. The van der Waals surface area contributed by atoms with Crippen LogP contribution in [0.25, 0.3) is 0 Å². The zero-order chi connectivity index (χ0) is 11.8. The third-order valence-electron chi connectivity index (χ3n) is 1.62. The van der Waals surface area contributed by atoms with E-state index in [-0.39, 0.29) is 5.78 Å². The Morgan fingerprint density at radius 1 is 1.40 bits per heavy atom. The lowest BCUT2D eigenvalue weighted by atomic mass is 10.1. The van der Waals surface area contributed by atoms with E-state index >= 15 is 0 Å². The van der Waals surface area contributed by atoms with Crippen LogP contribution >= 0.6 is 11.6 Å². The molecule has 0 aliphatic heterocycles. The number of hydrogen-bond acceptors (Lipinski definition) is 2. The summed E-state index contributed by atoms with van der Waals surface area (Å²) >= 11 is 5.82. The molecule has 0 radical (unpaired) electrons. The Balaban J connectivity index is 0.000000921. The van der Waals surface area contributed by atoms with Crippen LogP contribution in [0, 0.1) is 6.92 Å². The summed E-state index contributed by atoms with van der Waals surface area (Å²) < 4.78 is 0. The van der Waals surface area contributed by atoms with Crippen molar-refractivity contribution < 1.29 is 9.90 Å². The summed E-state index contributed by atoms with van der Waals surface area (Å²) in [4.78, 5) is 11.2. The minimum absolute atomic E-state index is 0.299. The van der Waals surface area contributed by atoms with Gasteiger partial charge in [-0.25, -0.2) is 0 Å². The van der Waals surface area contributed by atoms with Crippen LogP contribution < -0.4 is 0 Å². The topological polar surface area (TPSA) is 37.3 Å². The molecule has 0 saturated carbocycles.